The van der Waals surface area contributed by atoms with Gasteiger partial charge in [-0.1, -0.05) is 35.9 Å². The Morgan fingerprint density at radius 3 is 2.76 bits per heavy atom. The van der Waals surface area contributed by atoms with Gasteiger partial charge in [0.15, 0.2) is 0 Å². The maximum Gasteiger partial charge on any atom is 0.228 e. The second-order valence-corrected chi connectivity index (χ2v) is 9.08. The zero-order valence-electron chi connectivity index (χ0n) is 18.2. The van der Waals surface area contributed by atoms with E-state index in [4.69, 9.17) is 16.3 Å². The average molecular weight is 470 g/mol. The van der Waals surface area contributed by atoms with Crippen molar-refractivity contribution < 1.29 is 19.0 Å². The first-order valence-corrected chi connectivity index (χ1v) is 11.4. The molecule has 3 heterocycles. The van der Waals surface area contributed by atoms with Crippen LogP contribution in [-0.4, -0.2) is 51.6 Å². The summed E-state index contributed by atoms with van der Waals surface area (Å²) in [7, 11) is 0. The van der Waals surface area contributed by atoms with E-state index in [2.05, 4.69) is 11.2 Å². The summed E-state index contributed by atoms with van der Waals surface area (Å²) >= 11 is 6.15. The highest BCUT2D eigenvalue weighted by Crippen LogP contribution is 2.39. The lowest BCUT2D eigenvalue weighted by Gasteiger charge is -2.42. The molecule has 2 atom stereocenters. The average Bonchev–Trinajstić information content (AvgIpc) is 3.23. The predicted octanol–water partition coefficient (Wildman–Crippen LogP) is 3.96. The molecule has 3 aromatic rings. The van der Waals surface area contributed by atoms with Gasteiger partial charge in [0, 0.05) is 22.3 Å². The van der Waals surface area contributed by atoms with E-state index in [1.165, 1.54) is 12.1 Å². The van der Waals surface area contributed by atoms with Crippen LogP contribution in [0.1, 0.15) is 35.7 Å². The first-order valence-electron chi connectivity index (χ1n) is 11.1. The molecule has 0 radical (unpaired) electrons. The zero-order chi connectivity index (χ0) is 23.1. The molecular formula is C25H25ClFN3O3. The van der Waals surface area contributed by atoms with Gasteiger partial charge in [-0.15, -0.1) is 0 Å². The summed E-state index contributed by atoms with van der Waals surface area (Å²) in [4.78, 5) is 15.0. The van der Waals surface area contributed by atoms with Crippen molar-refractivity contribution in [3.05, 3.63) is 76.3 Å². The predicted molar refractivity (Wildman–Crippen MR) is 122 cm³/mol. The quantitative estimate of drug-likeness (QED) is 0.614. The third-order valence-electron chi connectivity index (χ3n) is 6.71. The standard InChI is InChI=1S/C25H25ClFN3O3/c1-15-19-4-2-5-20(16-10-28-29(11-16)18-13-33-14-18)21(19)8-17(12-31)30(15)25(32)9-22-23(26)6-3-7-24(22)27/h2-7,10-11,15,17-18,31H,8-9,12-14H2,1H3/t15-,17+/m0/s1. The van der Waals surface area contributed by atoms with Crippen molar-refractivity contribution in [1.82, 2.24) is 14.7 Å². The minimum absolute atomic E-state index is 0.155. The van der Waals surface area contributed by atoms with Crippen LogP contribution in [0.5, 0.6) is 0 Å². The maximum absolute atomic E-state index is 14.3. The number of rotatable bonds is 5. The Morgan fingerprint density at radius 1 is 1.27 bits per heavy atom. The van der Waals surface area contributed by atoms with E-state index in [-0.39, 0.29) is 41.6 Å². The van der Waals surface area contributed by atoms with E-state index in [0.717, 1.165) is 22.3 Å². The van der Waals surface area contributed by atoms with Crippen LogP contribution < -0.4 is 0 Å². The molecule has 2 aromatic carbocycles. The maximum atomic E-state index is 14.3. The summed E-state index contributed by atoms with van der Waals surface area (Å²) in [6.07, 6.45) is 4.22. The van der Waals surface area contributed by atoms with Crippen LogP contribution in [0.2, 0.25) is 5.02 Å². The molecule has 0 bridgehead atoms. The fourth-order valence-electron chi connectivity index (χ4n) is 4.86. The van der Waals surface area contributed by atoms with Gasteiger partial charge in [0.1, 0.15) is 5.82 Å². The van der Waals surface area contributed by atoms with Gasteiger partial charge in [-0.2, -0.15) is 5.10 Å². The summed E-state index contributed by atoms with van der Waals surface area (Å²) in [5.41, 5.74) is 4.35. The topological polar surface area (TPSA) is 67.6 Å². The number of ether oxygens (including phenoxy) is 1. The number of hydrogen-bond acceptors (Lipinski definition) is 4. The Bertz CT molecular complexity index is 1170. The van der Waals surface area contributed by atoms with Crippen molar-refractivity contribution in [2.24, 2.45) is 0 Å². The first-order chi connectivity index (χ1) is 16.0. The minimum Gasteiger partial charge on any atom is -0.394 e. The van der Waals surface area contributed by atoms with Gasteiger partial charge in [-0.05, 0) is 42.2 Å². The number of carbonyl (C=O) groups is 1. The number of halogens is 2. The number of aliphatic hydroxyl groups excluding tert-OH is 1. The smallest absolute Gasteiger partial charge is 0.228 e. The number of nitrogens with zero attached hydrogens (tertiary/aromatic N) is 3. The summed E-state index contributed by atoms with van der Waals surface area (Å²) in [5, 5.41) is 14.9. The fraction of sp³-hybridized carbons (Fsp3) is 0.360. The lowest BCUT2D eigenvalue weighted by molar-refractivity contribution is -0.137. The molecule has 2 aliphatic heterocycles. The van der Waals surface area contributed by atoms with Crippen LogP contribution in [-0.2, 0) is 22.4 Å². The second kappa shape index (κ2) is 8.89. The lowest BCUT2D eigenvalue weighted by atomic mass is 9.84. The minimum atomic E-state index is -0.502. The molecular weight excluding hydrogens is 445 g/mol. The fourth-order valence-corrected chi connectivity index (χ4v) is 5.09. The van der Waals surface area contributed by atoms with E-state index in [0.29, 0.717) is 19.6 Å². The Balaban J connectivity index is 1.46. The Morgan fingerprint density at radius 2 is 2.06 bits per heavy atom. The molecule has 2 aliphatic rings. The normalized spacial score (nSPS) is 20.4. The molecule has 6 nitrogen and oxygen atoms in total. The highest BCUT2D eigenvalue weighted by molar-refractivity contribution is 6.31. The second-order valence-electron chi connectivity index (χ2n) is 8.67. The number of benzene rings is 2. The van der Waals surface area contributed by atoms with E-state index < -0.39 is 11.9 Å². The van der Waals surface area contributed by atoms with Gasteiger partial charge in [0.2, 0.25) is 5.91 Å². The molecule has 1 aromatic heterocycles. The number of amides is 1. The van der Waals surface area contributed by atoms with Gasteiger partial charge in [0.25, 0.3) is 0 Å². The molecule has 0 aliphatic carbocycles. The van der Waals surface area contributed by atoms with Crippen molar-refractivity contribution in [2.45, 2.75) is 37.9 Å². The number of aliphatic hydroxyl groups is 1. The third kappa shape index (κ3) is 3.94. The lowest BCUT2D eigenvalue weighted by Crippen LogP contribution is -2.49. The largest absolute Gasteiger partial charge is 0.394 e. The molecule has 1 N–H and O–H groups in total. The van der Waals surface area contributed by atoms with Crippen molar-refractivity contribution in [3.8, 4) is 11.1 Å². The molecule has 8 heteroatoms. The van der Waals surface area contributed by atoms with Gasteiger partial charge >= 0.3 is 0 Å². The van der Waals surface area contributed by atoms with Crippen LogP contribution in [0.4, 0.5) is 4.39 Å². The third-order valence-corrected chi connectivity index (χ3v) is 7.06. The highest BCUT2D eigenvalue weighted by atomic mass is 35.5. The van der Waals surface area contributed by atoms with E-state index in [9.17, 15) is 14.3 Å². The summed E-state index contributed by atoms with van der Waals surface area (Å²) in [6.45, 7) is 3.09. The molecule has 0 spiro atoms. The van der Waals surface area contributed by atoms with Crippen LogP contribution in [0.3, 0.4) is 0 Å². The van der Waals surface area contributed by atoms with E-state index in [1.807, 2.05) is 36.1 Å². The molecule has 0 unspecified atom stereocenters. The zero-order valence-corrected chi connectivity index (χ0v) is 19.0. The van der Waals surface area contributed by atoms with Crippen molar-refractivity contribution in [3.63, 3.8) is 0 Å². The molecule has 33 heavy (non-hydrogen) atoms. The van der Waals surface area contributed by atoms with Crippen molar-refractivity contribution >= 4 is 17.5 Å². The molecule has 1 amide bonds. The number of fused-ring (bicyclic) bond motifs is 1. The van der Waals surface area contributed by atoms with Crippen LogP contribution in [0, 0.1) is 5.82 Å². The summed E-state index contributed by atoms with van der Waals surface area (Å²) < 4.78 is 21.5. The van der Waals surface area contributed by atoms with Gasteiger partial charge in [-0.3, -0.25) is 9.48 Å². The molecule has 172 valence electrons. The van der Waals surface area contributed by atoms with Gasteiger partial charge in [-0.25, -0.2) is 4.39 Å². The van der Waals surface area contributed by atoms with Crippen LogP contribution in [0.15, 0.2) is 48.8 Å². The summed E-state index contributed by atoms with van der Waals surface area (Å²) in [5.74, 6) is -0.764. The number of aromatic nitrogens is 2. The van der Waals surface area contributed by atoms with E-state index in [1.54, 1.807) is 11.0 Å². The molecule has 1 saturated heterocycles. The SMILES string of the molecule is C[C@H]1c2cccc(-c3cnn(C4COC4)c3)c2C[C@H](CO)N1C(=O)Cc1c(F)cccc1Cl. The molecule has 1 fully saturated rings. The Hall–Kier alpha value is -2.74. The molecule has 5 rings (SSSR count). The monoisotopic (exact) mass is 469 g/mol. The van der Waals surface area contributed by atoms with E-state index >= 15 is 0 Å². The van der Waals surface area contributed by atoms with Gasteiger partial charge < -0.3 is 14.7 Å². The Labute approximate surface area is 196 Å². The van der Waals surface area contributed by atoms with Gasteiger partial charge in [0.05, 0.1) is 50.6 Å². The number of hydrogen-bond donors (Lipinski definition) is 1. The van der Waals surface area contributed by atoms with Crippen molar-refractivity contribution in [2.75, 3.05) is 19.8 Å². The van der Waals surface area contributed by atoms with Crippen LogP contribution in [0.25, 0.3) is 11.1 Å². The highest BCUT2D eigenvalue weighted by Gasteiger charge is 2.36. The molecule has 0 saturated carbocycles. The van der Waals surface area contributed by atoms with Crippen LogP contribution >= 0.6 is 11.6 Å². The first kappa shape index (κ1) is 22.1. The Kier molecular flexibility index (Phi) is 5.95. The van der Waals surface area contributed by atoms with Crippen molar-refractivity contribution in [1.29, 1.82) is 0 Å². The number of carbonyl (C=O) groups excluding carboxylic acids is 1. The summed E-state index contributed by atoms with van der Waals surface area (Å²) in [6, 6.07) is 10.0.